The van der Waals surface area contributed by atoms with Gasteiger partial charge in [0.1, 0.15) is 22.7 Å². The second-order valence-corrected chi connectivity index (χ2v) is 22.9. The third-order valence-corrected chi connectivity index (χ3v) is 17.4. The van der Waals surface area contributed by atoms with E-state index in [1.807, 2.05) is 24.3 Å². The first-order valence-corrected chi connectivity index (χ1v) is 27.2. The van der Waals surface area contributed by atoms with Crippen molar-refractivity contribution in [2.45, 2.75) is 135 Å². The second kappa shape index (κ2) is 23.0. The van der Waals surface area contributed by atoms with Gasteiger partial charge in [-0.1, -0.05) is 62.8 Å². The van der Waals surface area contributed by atoms with Gasteiger partial charge in [-0.25, -0.2) is 25.4 Å². The van der Waals surface area contributed by atoms with Crippen LogP contribution in [0.3, 0.4) is 0 Å². The molecule has 5 N–H and O–H groups in total. The Kier molecular flexibility index (Phi) is 17.7. The molecule has 4 fully saturated rings. The van der Waals surface area contributed by atoms with Crippen LogP contribution in [0.25, 0.3) is 0 Å². The summed E-state index contributed by atoms with van der Waals surface area (Å²) in [6.45, 7) is 5.14. The van der Waals surface area contributed by atoms with E-state index < -0.39 is 43.1 Å². The third kappa shape index (κ3) is 14.0. The number of aryl methyl sites for hydroxylation is 2. The molecule has 6 aliphatic rings. The molecule has 2 aliphatic carbocycles. The Bertz CT molecular complexity index is 2400. The molecular formula is C48H68N8O10S2. The van der Waals surface area contributed by atoms with E-state index in [1.165, 1.54) is 67.9 Å². The Morgan fingerprint density at radius 3 is 1.34 bits per heavy atom. The first-order chi connectivity index (χ1) is 32.3. The minimum atomic E-state index is -3.42. The number of rotatable bonds is 11. The van der Waals surface area contributed by atoms with Crippen LogP contribution >= 0.6 is 0 Å². The Balaban J connectivity index is 0.000000197. The number of anilines is 2. The van der Waals surface area contributed by atoms with E-state index in [4.69, 9.17) is 15.7 Å². The van der Waals surface area contributed by atoms with Crippen LogP contribution in [0.15, 0.2) is 58.5 Å². The number of amidine groups is 2. The smallest absolute Gasteiger partial charge is 0.310 e. The summed E-state index contributed by atoms with van der Waals surface area (Å²) in [5, 5.41) is 8.74. The van der Waals surface area contributed by atoms with E-state index in [0.29, 0.717) is 87.9 Å². The quantitative estimate of drug-likeness (QED) is 0.137. The molecule has 372 valence electrons. The fourth-order valence-electron chi connectivity index (χ4n) is 9.77. The maximum atomic E-state index is 12.9. The van der Waals surface area contributed by atoms with Crippen LogP contribution in [0.4, 0.5) is 11.4 Å². The van der Waals surface area contributed by atoms with Crippen LogP contribution in [0.2, 0.25) is 0 Å². The van der Waals surface area contributed by atoms with Gasteiger partial charge in [0, 0.05) is 70.2 Å². The number of nitrogens with two attached hydrogens (primary N) is 1. The molecule has 0 unspecified atom stereocenters. The number of hydrogen-bond acceptors (Lipinski definition) is 13. The molecule has 18 nitrogen and oxygen atoms in total. The number of amides is 3. The maximum absolute atomic E-state index is 12.9. The summed E-state index contributed by atoms with van der Waals surface area (Å²) in [5.41, 5.74) is 7.32. The predicted molar refractivity (Wildman–Crippen MR) is 260 cm³/mol. The first-order valence-electron chi connectivity index (χ1n) is 24.0. The van der Waals surface area contributed by atoms with Crippen LogP contribution < -0.4 is 21.7 Å². The Hall–Kier alpha value is -5.05. The van der Waals surface area contributed by atoms with Crippen LogP contribution in [0.5, 0.6) is 0 Å². The van der Waals surface area contributed by atoms with Crippen molar-refractivity contribution in [3.05, 3.63) is 59.7 Å². The molecule has 4 aliphatic heterocycles. The number of nitrogen functional groups attached to an aromatic ring is 1. The SMILES string of the molecule is CC(=O)Nc1ccc(CCS(=O)(=O)N2CCC3(CC2)N=C(C2CCCCC2)NC3=O)cc1.CC(=O)OC(C)=O.Nc1ccc(CCS(=O)(=O)N2CCC3(CC2)N=C(C2CCCCC2)NC3=O)cc1. The Morgan fingerprint density at radius 1 is 0.632 bits per heavy atom. The normalized spacial score (nSPS) is 21.0. The summed E-state index contributed by atoms with van der Waals surface area (Å²) in [5.74, 6) is 1.07. The maximum Gasteiger partial charge on any atom is 0.310 e. The molecule has 4 heterocycles. The molecule has 2 spiro atoms. The largest absolute Gasteiger partial charge is 0.399 e. The van der Waals surface area contributed by atoms with Crippen LogP contribution in [0.1, 0.15) is 122 Å². The lowest BCUT2D eigenvalue weighted by Crippen LogP contribution is -2.51. The zero-order chi connectivity index (χ0) is 49.1. The summed E-state index contributed by atoms with van der Waals surface area (Å²) in [6.07, 6.45) is 14.2. The highest BCUT2D eigenvalue weighted by atomic mass is 32.2. The van der Waals surface area contributed by atoms with Crippen molar-refractivity contribution < 1.29 is 45.5 Å². The van der Waals surface area contributed by atoms with Crippen molar-refractivity contribution in [3.63, 3.8) is 0 Å². The summed E-state index contributed by atoms with van der Waals surface area (Å²) in [7, 11) is -6.79. The van der Waals surface area contributed by atoms with Gasteiger partial charge in [-0.05, 0) is 99.6 Å². The van der Waals surface area contributed by atoms with Crippen molar-refractivity contribution in [3.8, 4) is 0 Å². The molecule has 3 amide bonds. The molecule has 0 aromatic heterocycles. The van der Waals surface area contributed by atoms with Gasteiger partial charge in [-0.15, -0.1) is 0 Å². The van der Waals surface area contributed by atoms with Crippen molar-refractivity contribution in [2.24, 2.45) is 21.8 Å². The number of ether oxygens (including phenoxy) is 1. The summed E-state index contributed by atoms with van der Waals surface area (Å²) in [6, 6.07) is 14.5. The second-order valence-electron chi connectivity index (χ2n) is 18.8. The lowest BCUT2D eigenvalue weighted by atomic mass is 9.88. The molecule has 68 heavy (non-hydrogen) atoms. The van der Waals surface area contributed by atoms with Crippen molar-refractivity contribution in [1.29, 1.82) is 0 Å². The number of nitrogens with zero attached hydrogens (tertiary/aromatic N) is 4. The topological polar surface area (TPSA) is 256 Å². The van der Waals surface area contributed by atoms with E-state index in [9.17, 15) is 40.8 Å². The van der Waals surface area contributed by atoms with E-state index in [0.717, 1.165) is 48.5 Å². The van der Waals surface area contributed by atoms with Gasteiger partial charge in [-0.2, -0.15) is 0 Å². The number of nitrogens with one attached hydrogen (secondary N) is 3. The van der Waals surface area contributed by atoms with Crippen molar-refractivity contribution in [2.75, 3.05) is 48.7 Å². The summed E-state index contributed by atoms with van der Waals surface area (Å²) >= 11 is 0. The van der Waals surface area contributed by atoms with Gasteiger partial charge < -0.3 is 26.4 Å². The molecule has 8 rings (SSSR count). The molecular weight excluding hydrogens is 913 g/mol. The fraction of sp³-hybridized carbons (Fsp3) is 0.604. The van der Waals surface area contributed by atoms with Gasteiger partial charge in [0.15, 0.2) is 0 Å². The minimum absolute atomic E-state index is 0.0161. The van der Waals surface area contributed by atoms with Gasteiger partial charge in [0.05, 0.1) is 11.5 Å². The molecule has 2 aromatic rings. The lowest BCUT2D eigenvalue weighted by Gasteiger charge is -2.34. The number of sulfonamides is 2. The molecule has 2 saturated carbocycles. The highest BCUT2D eigenvalue weighted by Gasteiger charge is 2.49. The average Bonchev–Trinajstić information content (AvgIpc) is 3.80. The first kappa shape index (κ1) is 52.3. The van der Waals surface area contributed by atoms with E-state index in [2.05, 4.69) is 20.7 Å². The zero-order valence-electron chi connectivity index (χ0n) is 39.6. The number of aliphatic imine (C=N–C) groups is 2. The van der Waals surface area contributed by atoms with Crippen LogP contribution in [0, 0.1) is 11.8 Å². The monoisotopic (exact) mass is 980 g/mol. The number of benzene rings is 2. The van der Waals surface area contributed by atoms with E-state index in [-0.39, 0.29) is 29.2 Å². The zero-order valence-corrected chi connectivity index (χ0v) is 41.2. The fourth-order valence-corrected chi connectivity index (χ4v) is 12.7. The van der Waals surface area contributed by atoms with E-state index in [1.54, 1.807) is 24.3 Å². The van der Waals surface area contributed by atoms with Gasteiger partial charge in [-0.3, -0.25) is 34.0 Å². The molecule has 20 heteroatoms. The highest BCUT2D eigenvalue weighted by Crippen LogP contribution is 2.36. The van der Waals surface area contributed by atoms with Crippen molar-refractivity contribution in [1.82, 2.24) is 19.2 Å². The molecule has 2 aromatic carbocycles. The number of carbonyl (C=O) groups excluding carboxylic acids is 5. The predicted octanol–water partition coefficient (Wildman–Crippen LogP) is 4.64. The van der Waals surface area contributed by atoms with Gasteiger partial charge >= 0.3 is 11.9 Å². The molecule has 2 saturated heterocycles. The third-order valence-electron chi connectivity index (χ3n) is 13.7. The van der Waals surface area contributed by atoms with Crippen LogP contribution in [-0.4, -0.2) is 116 Å². The molecule has 0 radical (unpaired) electrons. The number of esters is 2. The van der Waals surface area contributed by atoms with E-state index >= 15 is 0 Å². The van der Waals surface area contributed by atoms with Crippen molar-refractivity contribution >= 4 is 72.8 Å². The standard InChI is InChI=1S/C23H32N4O4S.C21H30N4O3S.C4H6O3/c1-17(28)24-20-9-7-18(8-10-20)11-16-32(30,31)27-14-12-23(13-15-27)22(29)25-21(26-23)19-5-3-2-4-6-19;22-18-8-6-16(7-9-18)10-15-29(27,28)25-13-11-21(12-14-25)20(26)23-19(24-21)17-4-2-1-3-5-17;1-3(5)7-4(2)6/h7-10,19H,2-6,11-16H2,1H3,(H,24,28)(H,25,26,29);6-9,17H,1-5,10-15,22H2,(H,23,24,26);1-2H3. The van der Waals surface area contributed by atoms with Gasteiger partial charge in [0.2, 0.25) is 26.0 Å². The number of piperidine rings is 2. The summed E-state index contributed by atoms with van der Waals surface area (Å²) in [4.78, 5) is 65.8. The van der Waals surface area contributed by atoms with Gasteiger partial charge in [0.25, 0.3) is 11.8 Å². The molecule has 0 atom stereocenters. The number of carbonyl (C=O) groups is 5. The Labute approximate surface area is 400 Å². The lowest BCUT2D eigenvalue weighted by molar-refractivity contribution is -0.156. The highest BCUT2D eigenvalue weighted by molar-refractivity contribution is 7.89. The average molecular weight is 981 g/mol. The minimum Gasteiger partial charge on any atom is -0.399 e. The Morgan fingerprint density at radius 2 is 1.00 bits per heavy atom. The molecule has 0 bridgehead atoms. The number of hydrogen-bond donors (Lipinski definition) is 4. The summed E-state index contributed by atoms with van der Waals surface area (Å²) < 4.78 is 58.4. The van der Waals surface area contributed by atoms with Crippen LogP contribution in [-0.2, 0) is 61.6 Å².